The number of carbonyl (C=O) groups is 2. The highest BCUT2D eigenvalue weighted by Gasteiger charge is 2.46. The topological polar surface area (TPSA) is 92.2 Å². The van der Waals surface area contributed by atoms with E-state index in [2.05, 4.69) is 4.98 Å². The van der Waals surface area contributed by atoms with E-state index in [-0.39, 0.29) is 27.7 Å². The minimum absolute atomic E-state index is 0.0329. The van der Waals surface area contributed by atoms with Crippen LogP contribution < -0.4 is 9.47 Å². The number of hydrogen-bond donors (Lipinski definition) is 1. The number of benzene rings is 1. The number of ether oxygens (including phenoxy) is 2. The summed E-state index contributed by atoms with van der Waals surface area (Å²) in [6.07, 6.45) is 3.15. The van der Waals surface area contributed by atoms with Crippen LogP contribution in [0.4, 0.5) is 0 Å². The molecule has 1 aliphatic rings. The average molecular weight is 446 g/mol. The SMILES string of the molecule is COc1cc(OC)c(/C(O)=C2\C(=O)C(=O)N(CCN(C)C)C2c2ccncc2)cc1Cl. The summed E-state index contributed by atoms with van der Waals surface area (Å²) in [4.78, 5) is 33.3. The van der Waals surface area contributed by atoms with Crippen LogP contribution in [0, 0.1) is 0 Å². The van der Waals surface area contributed by atoms with Gasteiger partial charge in [-0.25, -0.2) is 0 Å². The molecule has 1 N–H and O–H groups in total. The van der Waals surface area contributed by atoms with Gasteiger partial charge in [0.2, 0.25) is 0 Å². The van der Waals surface area contributed by atoms with E-state index in [1.807, 2.05) is 19.0 Å². The predicted octanol–water partition coefficient (Wildman–Crippen LogP) is 2.74. The average Bonchev–Trinajstić information content (AvgIpc) is 3.02. The maximum atomic E-state index is 13.0. The number of aliphatic hydroxyl groups excluding tert-OH is 1. The van der Waals surface area contributed by atoms with Crippen molar-refractivity contribution in [2.45, 2.75) is 6.04 Å². The van der Waals surface area contributed by atoms with Gasteiger partial charge in [0.15, 0.2) is 0 Å². The lowest BCUT2D eigenvalue weighted by molar-refractivity contribution is -0.140. The molecule has 1 saturated heterocycles. The zero-order valence-electron chi connectivity index (χ0n) is 17.8. The molecule has 1 fully saturated rings. The summed E-state index contributed by atoms with van der Waals surface area (Å²) in [5, 5.41) is 11.4. The Hall–Kier alpha value is -3.10. The van der Waals surface area contributed by atoms with Gasteiger partial charge in [-0.3, -0.25) is 14.6 Å². The lowest BCUT2D eigenvalue weighted by atomic mass is 9.95. The molecule has 2 aromatic rings. The number of amides is 1. The molecule has 3 rings (SSSR count). The number of aromatic nitrogens is 1. The van der Waals surface area contributed by atoms with Crippen LogP contribution in [-0.4, -0.2) is 73.0 Å². The molecule has 0 aliphatic carbocycles. The van der Waals surface area contributed by atoms with Crippen LogP contribution in [-0.2, 0) is 9.59 Å². The molecule has 1 aromatic carbocycles. The van der Waals surface area contributed by atoms with Crippen molar-refractivity contribution in [2.24, 2.45) is 0 Å². The number of hydrogen-bond acceptors (Lipinski definition) is 7. The fraction of sp³-hybridized carbons (Fsp3) is 0.318. The van der Waals surface area contributed by atoms with Crippen molar-refractivity contribution < 1.29 is 24.2 Å². The summed E-state index contributed by atoms with van der Waals surface area (Å²) in [6.45, 7) is 0.855. The zero-order valence-corrected chi connectivity index (χ0v) is 18.5. The number of carbonyl (C=O) groups excluding carboxylic acids is 2. The quantitative estimate of drug-likeness (QED) is 0.398. The van der Waals surface area contributed by atoms with E-state index in [0.29, 0.717) is 24.4 Å². The largest absolute Gasteiger partial charge is 0.507 e. The van der Waals surface area contributed by atoms with Crippen molar-refractivity contribution in [1.82, 2.24) is 14.8 Å². The molecule has 1 amide bonds. The van der Waals surface area contributed by atoms with Crippen molar-refractivity contribution in [3.8, 4) is 11.5 Å². The van der Waals surface area contributed by atoms with E-state index in [0.717, 1.165) is 0 Å². The summed E-state index contributed by atoms with van der Waals surface area (Å²) < 4.78 is 10.6. The minimum Gasteiger partial charge on any atom is -0.507 e. The molecule has 8 nitrogen and oxygen atoms in total. The second-order valence-corrected chi connectivity index (χ2v) is 7.67. The van der Waals surface area contributed by atoms with Gasteiger partial charge in [-0.15, -0.1) is 0 Å². The van der Waals surface area contributed by atoms with Crippen LogP contribution >= 0.6 is 11.6 Å². The first-order valence-corrected chi connectivity index (χ1v) is 9.92. The van der Waals surface area contributed by atoms with Crippen LogP contribution in [0.1, 0.15) is 17.2 Å². The van der Waals surface area contributed by atoms with E-state index >= 15 is 0 Å². The number of nitrogens with zero attached hydrogens (tertiary/aromatic N) is 3. The van der Waals surface area contributed by atoms with Crippen molar-refractivity contribution in [3.63, 3.8) is 0 Å². The molecule has 2 heterocycles. The van der Waals surface area contributed by atoms with Crippen molar-refractivity contribution in [1.29, 1.82) is 0 Å². The molecular weight excluding hydrogens is 422 g/mol. The molecule has 0 spiro atoms. The van der Waals surface area contributed by atoms with Crippen LogP contribution in [0.25, 0.3) is 5.76 Å². The first-order valence-electron chi connectivity index (χ1n) is 9.55. The normalized spacial score (nSPS) is 18.0. The van der Waals surface area contributed by atoms with Crippen molar-refractivity contribution in [3.05, 3.63) is 58.4 Å². The third-order valence-electron chi connectivity index (χ3n) is 5.08. The Morgan fingerprint density at radius 1 is 1.16 bits per heavy atom. The van der Waals surface area contributed by atoms with Gasteiger partial charge in [-0.1, -0.05) is 11.6 Å². The highest BCUT2D eigenvalue weighted by molar-refractivity contribution is 6.46. The number of methoxy groups -OCH3 is 2. The fourth-order valence-electron chi connectivity index (χ4n) is 3.50. The van der Waals surface area contributed by atoms with Gasteiger partial charge in [-0.2, -0.15) is 0 Å². The van der Waals surface area contributed by atoms with Gasteiger partial charge in [0.25, 0.3) is 11.7 Å². The molecular formula is C22H24ClN3O5. The summed E-state index contributed by atoms with van der Waals surface area (Å²) in [6, 6.07) is 5.62. The molecule has 0 radical (unpaired) electrons. The molecule has 164 valence electrons. The first kappa shape index (κ1) is 22.6. The zero-order chi connectivity index (χ0) is 22.7. The van der Waals surface area contributed by atoms with Crippen LogP contribution in [0.15, 0.2) is 42.2 Å². The maximum absolute atomic E-state index is 13.0. The number of halogens is 1. The molecule has 1 atom stereocenters. The Balaban J connectivity index is 2.21. The number of aliphatic hydroxyl groups is 1. The highest BCUT2D eigenvalue weighted by atomic mass is 35.5. The molecule has 0 bridgehead atoms. The molecule has 1 unspecified atom stereocenters. The van der Waals surface area contributed by atoms with E-state index in [1.165, 1.54) is 31.3 Å². The number of ketones is 1. The van der Waals surface area contributed by atoms with Crippen molar-refractivity contribution in [2.75, 3.05) is 41.4 Å². The van der Waals surface area contributed by atoms with E-state index in [4.69, 9.17) is 21.1 Å². The Labute approximate surface area is 185 Å². The molecule has 31 heavy (non-hydrogen) atoms. The third kappa shape index (κ3) is 4.35. The van der Waals surface area contributed by atoms with Crippen molar-refractivity contribution >= 4 is 29.1 Å². The smallest absolute Gasteiger partial charge is 0.295 e. The number of rotatable bonds is 7. The summed E-state index contributed by atoms with van der Waals surface area (Å²) in [5.74, 6) is -1.20. The minimum atomic E-state index is -0.771. The second-order valence-electron chi connectivity index (χ2n) is 7.26. The molecule has 0 saturated carbocycles. The second kappa shape index (κ2) is 9.36. The third-order valence-corrected chi connectivity index (χ3v) is 5.37. The van der Waals surface area contributed by atoms with Gasteiger partial charge in [0, 0.05) is 31.5 Å². The Morgan fingerprint density at radius 2 is 1.81 bits per heavy atom. The first-order chi connectivity index (χ1) is 14.8. The van der Waals surface area contributed by atoms with Gasteiger partial charge in [-0.05, 0) is 37.9 Å². The summed E-state index contributed by atoms with van der Waals surface area (Å²) in [7, 11) is 6.64. The molecule has 9 heteroatoms. The van der Waals surface area contributed by atoms with Crippen LogP contribution in [0.3, 0.4) is 0 Å². The maximum Gasteiger partial charge on any atom is 0.295 e. The lowest BCUT2D eigenvalue weighted by Crippen LogP contribution is -2.35. The number of Topliss-reactive ketones (excluding diaryl/α,β-unsaturated/α-hetero) is 1. The molecule has 1 aliphatic heterocycles. The monoisotopic (exact) mass is 445 g/mol. The Kier molecular flexibility index (Phi) is 6.82. The molecule has 1 aromatic heterocycles. The fourth-order valence-corrected chi connectivity index (χ4v) is 3.74. The predicted molar refractivity (Wildman–Crippen MR) is 116 cm³/mol. The number of likely N-dealkylation sites (tertiary alicyclic amines) is 1. The Bertz CT molecular complexity index is 1020. The summed E-state index contributed by atoms with van der Waals surface area (Å²) in [5.41, 5.74) is 0.820. The van der Waals surface area contributed by atoms with Gasteiger partial charge in [0.05, 0.1) is 36.4 Å². The van der Waals surface area contributed by atoms with Gasteiger partial charge < -0.3 is 24.4 Å². The number of pyridine rings is 1. The van der Waals surface area contributed by atoms with Crippen LogP contribution in [0.5, 0.6) is 11.5 Å². The summed E-state index contributed by atoms with van der Waals surface area (Å²) >= 11 is 6.25. The van der Waals surface area contributed by atoms with E-state index in [1.54, 1.807) is 24.5 Å². The van der Waals surface area contributed by atoms with E-state index < -0.39 is 17.7 Å². The van der Waals surface area contributed by atoms with Gasteiger partial charge >= 0.3 is 0 Å². The van der Waals surface area contributed by atoms with Gasteiger partial charge in [0.1, 0.15) is 17.3 Å². The highest BCUT2D eigenvalue weighted by Crippen LogP contribution is 2.42. The van der Waals surface area contributed by atoms with Crippen LogP contribution in [0.2, 0.25) is 5.02 Å². The Morgan fingerprint density at radius 3 is 2.39 bits per heavy atom. The number of likely N-dealkylation sites (N-methyl/N-ethyl adjacent to an activating group) is 1. The lowest BCUT2D eigenvalue weighted by Gasteiger charge is -2.26. The standard InChI is InChI=1S/C22H24ClN3O5/c1-25(2)9-10-26-19(13-5-7-24-8-6-13)18(21(28)22(26)29)20(27)14-11-15(23)17(31-4)12-16(14)30-3/h5-8,11-12,19,27H,9-10H2,1-4H3/b20-18+. The van der Waals surface area contributed by atoms with E-state index in [9.17, 15) is 14.7 Å².